The van der Waals surface area contributed by atoms with E-state index in [1.807, 2.05) is 38.1 Å². The van der Waals surface area contributed by atoms with E-state index in [9.17, 15) is 9.90 Å². The minimum Gasteiger partial charge on any atom is -0.389 e. The Kier molecular flexibility index (Phi) is 7.10. The summed E-state index contributed by atoms with van der Waals surface area (Å²) in [5.74, 6) is 0.0792. The summed E-state index contributed by atoms with van der Waals surface area (Å²) in [6.45, 7) is 7.81. The van der Waals surface area contributed by atoms with Crippen LogP contribution in [0.1, 0.15) is 52.2 Å². The molecule has 3 nitrogen and oxygen atoms in total. The van der Waals surface area contributed by atoms with E-state index < -0.39 is 6.10 Å². The molecular formula is C16H25NO2S. The van der Waals surface area contributed by atoms with Gasteiger partial charge in [0.2, 0.25) is 5.91 Å². The molecule has 0 bridgehead atoms. The van der Waals surface area contributed by atoms with Gasteiger partial charge in [-0.1, -0.05) is 25.5 Å². The molecule has 1 amide bonds. The van der Waals surface area contributed by atoms with Gasteiger partial charge in [0.05, 0.1) is 11.4 Å². The lowest BCUT2D eigenvalue weighted by molar-refractivity contribution is -0.120. The number of carbonyl (C=O) groups excluding carboxylic acids is 1. The van der Waals surface area contributed by atoms with Crippen molar-refractivity contribution >= 4 is 17.7 Å². The molecule has 0 radical (unpaired) electrons. The molecule has 0 saturated carbocycles. The van der Waals surface area contributed by atoms with Crippen molar-refractivity contribution in [2.75, 3.05) is 0 Å². The van der Waals surface area contributed by atoms with Crippen molar-refractivity contribution in [1.29, 1.82) is 0 Å². The van der Waals surface area contributed by atoms with E-state index >= 15 is 0 Å². The summed E-state index contributed by atoms with van der Waals surface area (Å²) in [7, 11) is 0. The molecule has 2 N–H and O–H groups in total. The molecule has 3 atom stereocenters. The number of hydrogen-bond acceptors (Lipinski definition) is 3. The van der Waals surface area contributed by atoms with Crippen LogP contribution in [0.3, 0.4) is 0 Å². The van der Waals surface area contributed by atoms with Crippen LogP contribution in [0.2, 0.25) is 0 Å². The second-order valence-electron chi connectivity index (χ2n) is 5.20. The Morgan fingerprint density at radius 2 is 1.85 bits per heavy atom. The summed E-state index contributed by atoms with van der Waals surface area (Å²) in [5, 5.41) is 12.4. The van der Waals surface area contributed by atoms with E-state index in [-0.39, 0.29) is 17.2 Å². The predicted molar refractivity (Wildman–Crippen MR) is 84.9 cm³/mol. The quantitative estimate of drug-likeness (QED) is 0.757. The predicted octanol–water partition coefficient (Wildman–Crippen LogP) is 3.53. The van der Waals surface area contributed by atoms with Crippen molar-refractivity contribution < 1.29 is 9.90 Å². The number of benzene rings is 1. The molecule has 1 rings (SSSR count). The normalized spacial score (nSPS) is 15.4. The summed E-state index contributed by atoms with van der Waals surface area (Å²) >= 11 is 1.54. The maximum atomic E-state index is 12.0. The third-order valence-corrected chi connectivity index (χ3v) is 4.27. The number of amides is 1. The monoisotopic (exact) mass is 295 g/mol. The Labute approximate surface area is 126 Å². The summed E-state index contributed by atoms with van der Waals surface area (Å²) in [5.41, 5.74) is 0.892. The fourth-order valence-corrected chi connectivity index (χ4v) is 2.82. The molecular weight excluding hydrogens is 270 g/mol. The SMILES string of the molecule is CCCC(C)NC(=O)C(C)Sc1ccc(C(C)O)cc1. The summed E-state index contributed by atoms with van der Waals surface area (Å²) in [6, 6.07) is 7.93. The van der Waals surface area contributed by atoms with Gasteiger partial charge < -0.3 is 10.4 Å². The van der Waals surface area contributed by atoms with Gasteiger partial charge in [-0.15, -0.1) is 11.8 Å². The molecule has 0 saturated heterocycles. The van der Waals surface area contributed by atoms with Crippen molar-refractivity contribution in [2.45, 2.75) is 62.8 Å². The summed E-state index contributed by atoms with van der Waals surface area (Å²) in [6.07, 6.45) is 1.63. The van der Waals surface area contributed by atoms with E-state index in [1.54, 1.807) is 6.92 Å². The molecule has 0 aliphatic heterocycles. The van der Waals surface area contributed by atoms with E-state index in [0.29, 0.717) is 0 Å². The highest BCUT2D eigenvalue weighted by Gasteiger charge is 2.16. The van der Waals surface area contributed by atoms with Crippen molar-refractivity contribution in [3.8, 4) is 0 Å². The summed E-state index contributed by atoms with van der Waals surface area (Å²) in [4.78, 5) is 13.1. The van der Waals surface area contributed by atoms with Gasteiger partial charge in [-0.25, -0.2) is 0 Å². The number of aliphatic hydroxyl groups is 1. The van der Waals surface area contributed by atoms with Gasteiger partial charge in [-0.2, -0.15) is 0 Å². The third-order valence-electron chi connectivity index (χ3n) is 3.15. The summed E-state index contributed by atoms with van der Waals surface area (Å²) < 4.78 is 0. The molecule has 0 spiro atoms. The second kappa shape index (κ2) is 8.32. The van der Waals surface area contributed by atoms with Crippen molar-refractivity contribution in [2.24, 2.45) is 0 Å². The van der Waals surface area contributed by atoms with Gasteiger partial charge in [-0.3, -0.25) is 4.79 Å². The zero-order valence-electron chi connectivity index (χ0n) is 12.7. The first-order valence-electron chi connectivity index (χ1n) is 7.19. The van der Waals surface area contributed by atoms with Gasteiger partial charge in [0.1, 0.15) is 0 Å². The molecule has 1 aromatic carbocycles. The number of carbonyl (C=O) groups is 1. The Morgan fingerprint density at radius 1 is 1.25 bits per heavy atom. The highest BCUT2D eigenvalue weighted by atomic mass is 32.2. The lowest BCUT2D eigenvalue weighted by atomic mass is 10.1. The van der Waals surface area contributed by atoms with Gasteiger partial charge in [0, 0.05) is 10.9 Å². The lowest BCUT2D eigenvalue weighted by Gasteiger charge is -2.17. The highest BCUT2D eigenvalue weighted by molar-refractivity contribution is 8.00. The van der Waals surface area contributed by atoms with Crippen LogP contribution >= 0.6 is 11.8 Å². The van der Waals surface area contributed by atoms with Gasteiger partial charge in [0.15, 0.2) is 0 Å². The Hall–Kier alpha value is -1.00. The first-order chi connectivity index (χ1) is 9.43. The molecule has 4 heteroatoms. The van der Waals surface area contributed by atoms with Gasteiger partial charge in [0.25, 0.3) is 0 Å². The number of aliphatic hydroxyl groups excluding tert-OH is 1. The molecule has 3 unspecified atom stereocenters. The Morgan fingerprint density at radius 3 is 2.35 bits per heavy atom. The zero-order chi connectivity index (χ0) is 15.1. The molecule has 0 heterocycles. The molecule has 112 valence electrons. The molecule has 0 aromatic heterocycles. The Bertz CT molecular complexity index is 417. The van der Waals surface area contributed by atoms with Crippen LogP contribution in [-0.2, 0) is 4.79 Å². The minimum atomic E-state index is -0.454. The minimum absolute atomic E-state index is 0.0792. The van der Waals surface area contributed by atoms with E-state index in [4.69, 9.17) is 0 Å². The van der Waals surface area contributed by atoms with Crippen LogP contribution in [0.5, 0.6) is 0 Å². The average molecular weight is 295 g/mol. The zero-order valence-corrected chi connectivity index (χ0v) is 13.5. The standard InChI is InChI=1S/C16H25NO2S/c1-5-6-11(2)17-16(19)13(4)20-15-9-7-14(8-10-15)12(3)18/h7-13,18H,5-6H2,1-4H3,(H,17,19). The second-order valence-corrected chi connectivity index (χ2v) is 6.62. The number of nitrogens with one attached hydrogen (secondary N) is 1. The number of rotatable bonds is 7. The first kappa shape index (κ1) is 17.1. The van der Waals surface area contributed by atoms with Crippen LogP contribution in [-0.4, -0.2) is 22.3 Å². The van der Waals surface area contributed by atoms with Crippen LogP contribution in [0.4, 0.5) is 0 Å². The molecule has 20 heavy (non-hydrogen) atoms. The lowest BCUT2D eigenvalue weighted by Crippen LogP contribution is -2.37. The van der Waals surface area contributed by atoms with Gasteiger partial charge >= 0.3 is 0 Å². The highest BCUT2D eigenvalue weighted by Crippen LogP contribution is 2.25. The molecule has 1 aromatic rings. The van der Waals surface area contributed by atoms with Crippen LogP contribution in [0.25, 0.3) is 0 Å². The fourth-order valence-electron chi connectivity index (χ4n) is 1.95. The number of thioether (sulfide) groups is 1. The average Bonchev–Trinajstić information content (AvgIpc) is 2.39. The van der Waals surface area contributed by atoms with Crippen LogP contribution < -0.4 is 5.32 Å². The van der Waals surface area contributed by atoms with Crippen molar-refractivity contribution in [1.82, 2.24) is 5.32 Å². The largest absolute Gasteiger partial charge is 0.389 e. The third kappa shape index (κ3) is 5.55. The van der Waals surface area contributed by atoms with Crippen molar-refractivity contribution in [3.63, 3.8) is 0 Å². The fraction of sp³-hybridized carbons (Fsp3) is 0.562. The van der Waals surface area contributed by atoms with E-state index in [2.05, 4.69) is 12.2 Å². The van der Waals surface area contributed by atoms with E-state index in [0.717, 1.165) is 23.3 Å². The van der Waals surface area contributed by atoms with Crippen LogP contribution in [0, 0.1) is 0 Å². The smallest absolute Gasteiger partial charge is 0.233 e. The van der Waals surface area contributed by atoms with E-state index in [1.165, 1.54) is 11.8 Å². The Balaban J connectivity index is 2.52. The first-order valence-corrected chi connectivity index (χ1v) is 8.07. The topological polar surface area (TPSA) is 49.3 Å². The molecule has 0 aliphatic carbocycles. The molecule has 0 fully saturated rings. The van der Waals surface area contributed by atoms with Crippen LogP contribution in [0.15, 0.2) is 29.2 Å². The maximum absolute atomic E-state index is 12.0. The van der Waals surface area contributed by atoms with Crippen molar-refractivity contribution in [3.05, 3.63) is 29.8 Å². The molecule has 0 aliphatic rings. The van der Waals surface area contributed by atoms with Gasteiger partial charge in [-0.05, 0) is 44.9 Å². The maximum Gasteiger partial charge on any atom is 0.233 e. The number of hydrogen-bond donors (Lipinski definition) is 2.